The van der Waals surface area contributed by atoms with Crippen LogP contribution in [0.15, 0.2) is 12.7 Å². The van der Waals surface area contributed by atoms with Gasteiger partial charge in [0.2, 0.25) is 5.91 Å². The molecular weight excluding hydrogens is 236 g/mol. The molecule has 0 saturated carbocycles. The average molecular weight is 254 g/mol. The van der Waals surface area contributed by atoms with Crippen LogP contribution in [0.3, 0.4) is 0 Å². The van der Waals surface area contributed by atoms with E-state index in [0.717, 1.165) is 0 Å². The summed E-state index contributed by atoms with van der Waals surface area (Å²) in [5, 5.41) is 15.6. The van der Waals surface area contributed by atoms with Gasteiger partial charge in [-0.2, -0.15) is 5.10 Å². The normalized spacial score (nSPS) is 11.2. The van der Waals surface area contributed by atoms with Crippen molar-refractivity contribution in [2.24, 2.45) is 0 Å². The van der Waals surface area contributed by atoms with Gasteiger partial charge < -0.3 is 10.4 Å². The Morgan fingerprint density at radius 1 is 1.39 bits per heavy atom. The predicted octanol–water partition coefficient (Wildman–Crippen LogP) is 0.428. The molecule has 100 valence electrons. The minimum absolute atomic E-state index is 0.179. The number of carboxylic acids is 1. The topological polar surface area (TPSA) is 97.1 Å². The smallest absolute Gasteiger partial charge is 0.329 e. The second kappa shape index (κ2) is 6.13. The molecule has 1 aromatic heterocycles. The fourth-order valence-electron chi connectivity index (χ4n) is 1.68. The number of aromatic nitrogens is 3. The Kier molecular flexibility index (Phi) is 4.82. The number of aliphatic carboxylic acids is 1. The monoisotopic (exact) mass is 254 g/mol. The van der Waals surface area contributed by atoms with E-state index in [9.17, 15) is 14.7 Å². The van der Waals surface area contributed by atoms with Crippen molar-refractivity contribution in [1.29, 1.82) is 0 Å². The molecule has 2 N–H and O–H groups in total. The van der Waals surface area contributed by atoms with Gasteiger partial charge in [-0.3, -0.25) is 9.48 Å². The molecule has 0 spiro atoms. The Morgan fingerprint density at radius 3 is 2.50 bits per heavy atom. The summed E-state index contributed by atoms with van der Waals surface area (Å²) in [6.07, 6.45) is 3.79. The standard InChI is InChI=1S/C11H18N4O3/c1-3-11(4-2,10(17)18)14-9(16)5-6-15-8-12-7-13-15/h7-8H,3-6H2,1-2H3,(H,14,16)(H,17,18). The van der Waals surface area contributed by atoms with Crippen molar-refractivity contribution in [3.63, 3.8) is 0 Å². The number of carbonyl (C=O) groups excluding carboxylic acids is 1. The molecule has 0 aliphatic heterocycles. The number of rotatable bonds is 7. The zero-order valence-electron chi connectivity index (χ0n) is 10.6. The Balaban J connectivity index is 2.54. The van der Waals surface area contributed by atoms with Crippen molar-refractivity contribution in [2.45, 2.75) is 45.2 Å². The minimum Gasteiger partial charge on any atom is -0.480 e. The van der Waals surface area contributed by atoms with E-state index in [1.165, 1.54) is 17.3 Å². The summed E-state index contributed by atoms with van der Waals surface area (Å²) in [5.74, 6) is -1.29. The summed E-state index contributed by atoms with van der Waals surface area (Å²) in [4.78, 5) is 26.7. The molecule has 0 aliphatic carbocycles. The van der Waals surface area contributed by atoms with E-state index in [2.05, 4.69) is 15.4 Å². The molecule has 0 saturated heterocycles. The number of nitrogens with zero attached hydrogens (tertiary/aromatic N) is 3. The zero-order valence-corrected chi connectivity index (χ0v) is 10.6. The minimum atomic E-state index is -1.17. The molecule has 0 unspecified atom stereocenters. The number of aryl methyl sites for hydroxylation is 1. The Bertz CT molecular complexity index is 398. The second-order valence-electron chi connectivity index (χ2n) is 4.05. The lowest BCUT2D eigenvalue weighted by Crippen LogP contribution is -2.53. The summed E-state index contributed by atoms with van der Waals surface area (Å²) in [6, 6.07) is 0. The van der Waals surface area contributed by atoms with E-state index < -0.39 is 11.5 Å². The maximum Gasteiger partial charge on any atom is 0.329 e. The van der Waals surface area contributed by atoms with E-state index in [0.29, 0.717) is 19.4 Å². The maximum atomic E-state index is 11.7. The van der Waals surface area contributed by atoms with Gasteiger partial charge >= 0.3 is 5.97 Å². The molecule has 1 rings (SSSR count). The van der Waals surface area contributed by atoms with Gasteiger partial charge in [0.15, 0.2) is 0 Å². The van der Waals surface area contributed by atoms with Gasteiger partial charge in [0.05, 0.1) is 6.54 Å². The highest BCUT2D eigenvalue weighted by Gasteiger charge is 2.36. The van der Waals surface area contributed by atoms with Crippen LogP contribution in [0.2, 0.25) is 0 Å². The van der Waals surface area contributed by atoms with Crippen LogP contribution < -0.4 is 5.32 Å². The van der Waals surface area contributed by atoms with Crippen molar-refractivity contribution in [3.05, 3.63) is 12.7 Å². The molecule has 1 aromatic rings. The molecule has 18 heavy (non-hydrogen) atoms. The van der Waals surface area contributed by atoms with Crippen molar-refractivity contribution in [2.75, 3.05) is 0 Å². The number of nitrogens with one attached hydrogen (secondary N) is 1. The van der Waals surface area contributed by atoms with Crippen LogP contribution in [0.1, 0.15) is 33.1 Å². The van der Waals surface area contributed by atoms with Crippen LogP contribution in [0.25, 0.3) is 0 Å². The molecule has 0 fully saturated rings. The number of carbonyl (C=O) groups is 2. The summed E-state index contributed by atoms with van der Waals surface area (Å²) >= 11 is 0. The first-order valence-electron chi connectivity index (χ1n) is 5.91. The van der Waals surface area contributed by atoms with Gasteiger partial charge in [0.1, 0.15) is 18.2 Å². The Labute approximate surface area is 105 Å². The van der Waals surface area contributed by atoms with Crippen molar-refractivity contribution in [1.82, 2.24) is 20.1 Å². The summed E-state index contributed by atoms with van der Waals surface area (Å²) in [5.41, 5.74) is -1.17. The third-order valence-corrected chi connectivity index (χ3v) is 3.03. The quantitative estimate of drug-likeness (QED) is 0.735. The fraction of sp³-hybridized carbons (Fsp3) is 0.636. The van der Waals surface area contributed by atoms with Gasteiger partial charge in [-0.25, -0.2) is 9.78 Å². The van der Waals surface area contributed by atoms with E-state index in [4.69, 9.17) is 0 Å². The largest absolute Gasteiger partial charge is 0.480 e. The predicted molar refractivity (Wildman–Crippen MR) is 63.7 cm³/mol. The zero-order chi connectivity index (χ0) is 13.6. The molecule has 0 aliphatic rings. The van der Waals surface area contributed by atoms with Crippen LogP contribution in [-0.4, -0.2) is 37.3 Å². The van der Waals surface area contributed by atoms with Gasteiger partial charge in [0, 0.05) is 6.42 Å². The molecule has 0 aromatic carbocycles. The van der Waals surface area contributed by atoms with Crippen molar-refractivity contribution >= 4 is 11.9 Å². The van der Waals surface area contributed by atoms with E-state index >= 15 is 0 Å². The first-order valence-corrected chi connectivity index (χ1v) is 5.91. The first-order chi connectivity index (χ1) is 8.54. The molecule has 0 bridgehead atoms. The lowest BCUT2D eigenvalue weighted by atomic mass is 9.93. The first kappa shape index (κ1) is 14.1. The van der Waals surface area contributed by atoms with Crippen LogP contribution in [0.4, 0.5) is 0 Å². The summed E-state index contributed by atoms with van der Waals surface area (Å²) in [7, 11) is 0. The SMILES string of the molecule is CCC(CC)(NC(=O)CCn1cncn1)C(=O)O. The second-order valence-corrected chi connectivity index (χ2v) is 4.05. The molecule has 7 heteroatoms. The maximum absolute atomic E-state index is 11.7. The number of amides is 1. The fourth-order valence-corrected chi connectivity index (χ4v) is 1.68. The van der Waals surface area contributed by atoms with Crippen LogP contribution in [0, 0.1) is 0 Å². The van der Waals surface area contributed by atoms with Gasteiger partial charge in [0.25, 0.3) is 0 Å². The van der Waals surface area contributed by atoms with Crippen LogP contribution >= 0.6 is 0 Å². The molecular formula is C11H18N4O3. The third-order valence-electron chi connectivity index (χ3n) is 3.03. The number of hydrogen-bond acceptors (Lipinski definition) is 4. The lowest BCUT2D eigenvalue weighted by Gasteiger charge is -2.28. The van der Waals surface area contributed by atoms with Gasteiger partial charge in [-0.1, -0.05) is 13.8 Å². The molecule has 1 heterocycles. The van der Waals surface area contributed by atoms with Crippen molar-refractivity contribution < 1.29 is 14.7 Å². The molecule has 0 atom stereocenters. The summed E-state index contributed by atoms with van der Waals surface area (Å²) in [6.45, 7) is 3.87. The summed E-state index contributed by atoms with van der Waals surface area (Å²) < 4.78 is 1.53. The number of hydrogen-bond donors (Lipinski definition) is 2. The molecule has 1 amide bonds. The third kappa shape index (κ3) is 3.28. The molecule has 0 radical (unpaired) electrons. The highest BCUT2D eigenvalue weighted by atomic mass is 16.4. The Hall–Kier alpha value is -1.92. The lowest BCUT2D eigenvalue weighted by molar-refractivity contribution is -0.148. The Morgan fingerprint density at radius 2 is 2.06 bits per heavy atom. The molecule has 7 nitrogen and oxygen atoms in total. The number of carboxylic acid groups (broad SMARTS) is 1. The van der Waals surface area contributed by atoms with Crippen LogP contribution in [-0.2, 0) is 16.1 Å². The highest BCUT2D eigenvalue weighted by Crippen LogP contribution is 2.15. The average Bonchev–Trinajstić information content (AvgIpc) is 2.86. The van der Waals surface area contributed by atoms with E-state index in [1.54, 1.807) is 13.8 Å². The van der Waals surface area contributed by atoms with Gasteiger partial charge in [-0.15, -0.1) is 0 Å². The van der Waals surface area contributed by atoms with E-state index in [1.807, 2.05) is 0 Å². The van der Waals surface area contributed by atoms with Crippen molar-refractivity contribution in [3.8, 4) is 0 Å². The van der Waals surface area contributed by atoms with Gasteiger partial charge in [-0.05, 0) is 12.8 Å². The van der Waals surface area contributed by atoms with Crippen LogP contribution in [0.5, 0.6) is 0 Å². The highest BCUT2D eigenvalue weighted by molar-refractivity contribution is 5.86. The van der Waals surface area contributed by atoms with E-state index in [-0.39, 0.29) is 12.3 Å².